The van der Waals surface area contributed by atoms with Gasteiger partial charge in [-0.25, -0.2) is 14.8 Å². The first kappa shape index (κ1) is 14.9. The molecule has 0 bridgehead atoms. The summed E-state index contributed by atoms with van der Waals surface area (Å²) >= 11 is 7.70. The van der Waals surface area contributed by atoms with Crippen molar-refractivity contribution in [1.29, 1.82) is 0 Å². The molecular weight excluding hydrogens is 322 g/mol. The Hall–Kier alpha value is -2.05. The maximum absolute atomic E-state index is 11.8. The summed E-state index contributed by atoms with van der Waals surface area (Å²) in [6.07, 6.45) is 3.50. The van der Waals surface area contributed by atoms with Gasteiger partial charge in [-0.2, -0.15) is 0 Å². The molecule has 0 N–H and O–H groups in total. The van der Waals surface area contributed by atoms with E-state index in [2.05, 4.69) is 15.0 Å². The molecule has 0 atom stereocenters. The molecule has 0 amide bonds. The monoisotopic (exact) mass is 333 g/mol. The Labute approximate surface area is 136 Å². The lowest BCUT2D eigenvalue weighted by Gasteiger charge is -2.02. The summed E-state index contributed by atoms with van der Waals surface area (Å²) < 4.78 is 4.93. The number of pyridine rings is 1. The molecule has 0 aromatic carbocycles. The Morgan fingerprint density at radius 2 is 2.23 bits per heavy atom. The third-order valence-electron chi connectivity index (χ3n) is 3.13. The van der Waals surface area contributed by atoms with Crippen LogP contribution in [0.5, 0.6) is 0 Å². The number of ether oxygens (including phenoxy) is 1. The average molecular weight is 334 g/mol. The summed E-state index contributed by atoms with van der Waals surface area (Å²) in [6, 6.07) is 3.84. The fourth-order valence-corrected chi connectivity index (χ4v) is 3.69. The number of carbonyl (C=O) groups is 1. The Balaban J connectivity index is 2.18. The number of thiophene rings is 1. The Morgan fingerprint density at radius 1 is 1.41 bits per heavy atom. The Bertz CT molecular complexity index is 849. The summed E-state index contributed by atoms with van der Waals surface area (Å²) in [4.78, 5) is 25.9. The van der Waals surface area contributed by atoms with Crippen LogP contribution in [0.25, 0.3) is 20.7 Å². The number of nitrogens with zero attached hydrogens (tertiary/aromatic N) is 3. The third kappa shape index (κ3) is 2.55. The van der Waals surface area contributed by atoms with Crippen LogP contribution in [-0.4, -0.2) is 27.5 Å². The number of aromatic nitrogens is 3. The van der Waals surface area contributed by atoms with Crippen molar-refractivity contribution in [3.63, 3.8) is 0 Å². The zero-order valence-electron chi connectivity index (χ0n) is 12.0. The first-order chi connectivity index (χ1) is 10.6. The van der Waals surface area contributed by atoms with E-state index < -0.39 is 5.97 Å². The topological polar surface area (TPSA) is 65.0 Å². The van der Waals surface area contributed by atoms with Gasteiger partial charge in [-0.05, 0) is 25.5 Å². The van der Waals surface area contributed by atoms with E-state index in [1.54, 1.807) is 19.3 Å². The van der Waals surface area contributed by atoms with Crippen molar-refractivity contribution in [2.45, 2.75) is 13.8 Å². The normalized spacial score (nSPS) is 10.9. The molecule has 3 heterocycles. The van der Waals surface area contributed by atoms with Gasteiger partial charge in [0.05, 0.1) is 12.0 Å². The molecule has 0 saturated heterocycles. The van der Waals surface area contributed by atoms with E-state index in [0.717, 1.165) is 21.4 Å². The highest BCUT2D eigenvalue weighted by atomic mass is 35.5. The summed E-state index contributed by atoms with van der Waals surface area (Å²) in [5.74, 6) is -0.585. The minimum atomic E-state index is -0.569. The quantitative estimate of drug-likeness (QED) is 0.537. The molecule has 0 saturated carbocycles. The molecule has 0 unspecified atom stereocenters. The molecule has 0 radical (unpaired) electrons. The van der Waals surface area contributed by atoms with E-state index in [9.17, 15) is 4.79 Å². The van der Waals surface area contributed by atoms with Gasteiger partial charge in [-0.1, -0.05) is 17.7 Å². The van der Waals surface area contributed by atoms with Crippen LogP contribution in [0, 0.1) is 6.92 Å². The summed E-state index contributed by atoms with van der Waals surface area (Å²) in [5.41, 5.74) is 1.96. The van der Waals surface area contributed by atoms with Gasteiger partial charge in [-0.3, -0.25) is 4.98 Å². The first-order valence-electron chi connectivity index (χ1n) is 6.66. The molecule has 0 spiro atoms. The molecule has 3 rings (SSSR count). The van der Waals surface area contributed by atoms with Crippen LogP contribution >= 0.6 is 22.9 Å². The van der Waals surface area contributed by atoms with E-state index in [1.165, 1.54) is 11.3 Å². The van der Waals surface area contributed by atoms with Gasteiger partial charge in [0.25, 0.3) is 0 Å². The lowest BCUT2D eigenvalue weighted by atomic mass is 10.1. The zero-order valence-corrected chi connectivity index (χ0v) is 13.5. The number of halogens is 1. The van der Waals surface area contributed by atoms with Crippen molar-refractivity contribution in [3.05, 3.63) is 41.1 Å². The van der Waals surface area contributed by atoms with Crippen LogP contribution in [0.1, 0.15) is 23.1 Å². The van der Waals surface area contributed by atoms with Crippen LogP contribution in [0.2, 0.25) is 5.15 Å². The van der Waals surface area contributed by atoms with Gasteiger partial charge in [0, 0.05) is 22.8 Å². The van der Waals surface area contributed by atoms with Crippen LogP contribution in [0.3, 0.4) is 0 Å². The largest absolute Gasteiger partial charge is 0.460 e. The summed E-state index contributed by atoms with van der Waals surface area (Å²) in [7, 11) is 0. The molecule has 22 heavy (non-hydrogen) atoms. The molecule has 3 aromatic heterocycles. The van der Waals surface area contributed by atoms with E-state index in [1.807, 2.05) is 19.1 Å². The van der Waals surface area contributed by atoms with Gasteiger partial charge < -0.3 is 4.74 Å². The minimum absolute atomic E-state index is 0.0154. The highest BCUT2D eigenvalue weighted by molar-refractivity contribution is 7.22. The van der Waals surface area contributed by atoms with E-state index >= 15 is 0 Å². The fraction of sp³-hybridized carbons (Fsp3) is 0.200. The van der Waals surface area contributed by atoms with Crippen molar-refractivity contribution in [2.24, 2.45) is 0 Å². The lowest BCUT2D eigenvalue weighted by molar-refractivity contribution is 0.0512. The second-order valence-corrected chi connectivity index (χ2v) is 5.89. The van der Waals surface area contributed by atoms with Crippen LogP contribution in [0.15, 0.2) is 24.5 Å². The van der Waals surface area contributed by atoms with Crippen LogP contribution < -0.4 is 0 Å². The maximum Gasteiger partial charge on any atom is 0.376 e. The number of carbonyl (C=O) groups excluding carboxylic acids is 1. The van der Waals surface area contributed by atoms with Gasteiger partial charge in [0.15, 0.2) is 0 Å². The molecule has 3 aromatic rings. The molecular formula is C15H12ClN3O2S. The predicted molar refractivity (Wildman–Crippen MR) is 86.3 cm³/mol. The SMILES string of the molecule is CCOC(=O)c1nc(Cl)c2c(C)c(-c3cccnc3)sc2n1. The van der Waals surface area contributed by atoms with Gasteiger partial charge >= 0.3 is 5.97 Å². The van der Waals surface area contributed by atoms with Crippen molar-refractivity contribution in [2.75, 3.05) is 6.61 Å². The highest BCUT2D eigenvalue weighted by Gasteiger charge is 2.19. The van der Waals surface area contributed by atoms with Crippen LogP contribution in [-0.2, 0) is 4.74 Å². The zero-order chi connectivity index (χ0) is 15.7. The van der Waals surface area contributed by atoms with Crippen molar-refractivity contribution in [1.82, 2.24) is 15.0 Å². The number of aryl methyl sites for hydroxylation is 1. The number of hydrogen-bond donors (Lipinski definition) is 0. The summed E-state index contributed by atoms with van der Waals surface area (Å²) in [5, 5.41) is 1.02. The standard InChI is InChI=1S/C15H12ClN3O2S/c1-3-21-15(20)13-18-12(16)10-8(2)11(22-14(10)19-13)9-5-4-6-17-7-9/h4-7H,3H2,1-2H3. The smallest absolute Gasteiger partial charge is 0.376 e. The molecule has 7 heteroatoms. The molecule has 112 valence electrons. The second-order valence-electron chi connectivity index (χ2n) is 4.54. The molecule has 0 aliphatic heterocycles. The predicted octanol–water partition coefficient (Wildman–Crippen LogP) is 3.89. The van der Waals surface area contributed by atoms with Crippen molar-refractivity contribution >= 4 is 39.1 Å². The lowest BCUT2D eigenvalue weighted by Crippen LogP contribution is -2.09. The molecule has 0 aliphatic carbocycles. The van der Waals surface area contributed by atoms with Gasteiger partial charge in [0.2, 0.25) is 5.82 Å². The van der Waals surface area contributed by atoms with Crippen molar-refractivity contribution < 1.29 is 9.53 Å². The molecule has 5 nitrogen and oxygen atoms in total. The first-order valence-corrected chi connectivity index (χ1v) is 7.85. The number of fused-ring (bicyclic) bond motifs is 1. The number of hydrogen-bond acceptors (Lipinski definition) is 6. The highest BCUT2D eigenvalue weighted by Crippen LogP contribution is 2.39. The fourth-order valence-electron chi connectivity index (χ4n) is 2.15. The average Bonchev–Trinajstić information content (AvgIpc) is 2.86. The Morgan fingerprint density at radius 3 is 2.91 bits per heavy atom. The maximum atomic E-state index is 11.8. The summed E-state index contributed by atoms with van der Waals surface area (Å²) in [6.45, 7) is 3.95. The minimum Gasteiger partial charge on any atom is -0.460 e. The van der Waals surface area contributed by atoms with Crippen LogP contribution in [0.4, 0.5) is 0 Å². The molecule has 0 aliphatic rings. The Kier molecular flexibility index (Phi) is 4.04. The number of esters is 1. The second kappa shape index (κ2) is 5.98. The number of rotatable bonds is 3. The van der Waals surface area contributed by atoms with E-state index in [4.69, 9.17) is 16.3 Å². The van der Waals surface area contributed by atoms with E-state index in [0.29, 0.717) is 4.83 Å². The van der Waals surface area contributed by atoms with Gasteiger partial charge in [-0.15, -0.1) is 11.3 Å². The third-order valence-corrected chi connectivity index (χ3v) is 4.64. The van der Waals surface area contributed by atoms with Gasteiger partial charge in [0.1, 0.15) is 9.98 Å². The van der Waals surface area contributed by atoms with Crippen molar-refractivity contribution in [3.8, 4) is 10.4 Å². The molecule has 0 fully saturated rings. The van der Waals surface area contributed by atoms with E-state index in [-0.39, 0.29) is 17.6 Å².